The Labute approximate surface area is 134 Å². The number of aliphatic hydroxyl groups excluding tert-OH is 1. The van der Waals surface area contributed by atoms with Crippen molar-refractivity contribution in [3.05, 3.63) is 65.5 Å². The molecule has 23 heavy (non-hydrogen) atoms. The van der Waals surface area contributed by atoms with Gasteiger partial charge in [0.1, 0.15) is 0 Å². The highest BCUT2D eigenvalue weighted by Gasteiger charge is 2.36. The zero-order valence-corrected chi connectivity index (χ0v) is 12.6. The van der Waals surface area contributed by atoms with Crippen molar-refractivity contribution in [3.8, 4) is 6.07 Å². The Bertz CT molecular complexity index is 722. The van der Waals surface area contributed by atoms with Crippen molar-refractivity contribution in [3.63, 3.8) is 0 Å². The molecule has 5 heteroatoms. The summed E-state index contributed by atoms with van der Waals surface area (Å²) in [5.41, 5.74) is 2.06. The van der Waals surface area contributed by atoms with Crippen molar-refractivity contribution in [2.24, 2.45) is 0 Å². The molecule has 0 unspecified atom stereocenters. The average Bonchev–Trinajstić information content (AvgIpc) is 2.96. The number of aromatic nitrogens is 1. The van der Waals surface area contributed by atoms with Crippen molar-refractivity contribution >= 4 is 5.91 Å². The third kappa shape index (κ3) is 3.22. The van der Waals surface area contributed by atoms with Gasteiger partial charge in [0.05, 0.1) is 23.8 Å². The first-order chi connectivity index (χ1) is 11.2. The van der Waals surface area contributed by atoms with E-state index in [4.69, 9.17) is 5.26 Å². The minimum atomic E-state index is -0.530. The van der Waals surface area contributed by atoms with Crippen molar-refractivity contribution in [1.29, 1.82) is 5.26 Å². The number of nitriles is 1. The van der Waals surface area contributed by atoms with Gasteiger partial charge in [-0.3, -0.25) is 9.78 Å². The molecule has 1 aromatic heterocycles. The maximum Gasteiger partial charge on any atom is 0.254 e. The first-order valence-electron chi connectivity index (χ1n) is 7.57. The number of pyridine rings is 1. The third-order valence-corrected chi connectivity index (χ3v) is 4.20. The summed E-state index contributed by atoms with van der Waals surface area (Å²) in [5, 5.41) is 19.1. The molecule has 0 bridgehead atoms. The minimum Gasteiger partial charge on any atom is -0.391 e. The lowest BCUT2D eigenvalue weighted by molar-refractivity contribution is 0.0640. The summed E-state index contributed by atoms with van der Waals surface area (Å²) < 4.78 is 0. The molecule has 0 aliphatic carbocycles. The van der Waals surface area contributed by atoms with Gasteiger partial charge in [0.2, 0.25) is 0 Å². The monoisotopic (exact) mass is 307 g/mol. The quantitative estimate of drug-likeness (QED) is 0.937. The first-order valence-corrected chi connectivity index (χ1v) is 7.57. The van der Waals surface area contributed by atoms with E-state index in [2.05, 4.69) is 4.98 Å². The van der Waals surface area contributed by atoms with Crippen LogP contribution in [0.4, 0.5) is 0 Å². The lowest BCUT2D eigenvalue weighted by atomic mass is 10.0. The molecule has 1 aromatic carbocycles. The molecule has 1 aliphatic heterocycles. The predicted octanol–water partition coefficient (Wildman–Crippen LogP) is 1.77. The minimum absolute atomic E-state index is 0.111. The number of carbonyl (C=O) groups is 1. The number of amides is 1. The van der Waals surface area contributed by atoms with E-state index in [-0.39, 0.29) is 11.9 Å². The molecule has 2 atom stereocenters. The molecule has 116 valence electrons. The van der Waals surface area contributed by atoms with Crippen molar-refractivity contribution in [2.45, 2.75) is 25.0 Å². The lowest BCUT2D eigenvalue weighted by Crippen LogP contribution is -2.41. The molecule has 1 fully saturated rings. The average molecular weight is 307 g/mol. The zero-order valence-electron chi connectivity index (χ0n) is 12.6. The second-order valence-corrected chi connectivity index (χ2v) is 5.68. The number of nitrogens with zero attached hydrogens (tertiary/aromatic N) is 3. The molecular weight excluding hydrogens is 290 g/mol. The van der Waals surface area contributed by atoms with Gasteiger partial charge < -0.3 is 10.0 Å². The van der Waals surface area contributed by atoms with Crippen molar-refractivity contribution in [2.75, 3.05) is 6.54 Å². The lowest BCUT2D eigenvalue weighted by Gasteiger charge is -2.26. The molecule has 0 spiro atoms. The van der Waals surface area contributed by atoms with Crippen LogP contribution in [-0.2, 0) is 6.42 Å². The van der Waals surface area contributed by atoms with Crippen molar-refractivity contribution in [1.82, 2.24) is 9.88 Å². The molecule has 1 aliphatic rings. The van der Waals surface area contributed by atoms with Crippen LogP contribution in [0, 0.1) is 11.3 Å². The van der Waals surface area contributed by atoms with E-state index < -0.39 is 6.10 Å². The van der Waals surface area contributed by atoms with E-state index in [9.17, 15) is 9.90 Å². The topological polar surface area (TPSA) is 77.2 Å². The van der Waals surface area contributed by atoms with E-state index in [1.807, 2.05) is 18.2 Å². The zero-order chi connectivity index (χ0) is 16.2. The molecular formula is C18H17N3O2. The van der Waals surface area contributed by atoms with Gasteiger partial charge in [-0.15, -0.1) is 0 Å². The van der Waals surface area contributed by atoms with Crippen LogP contribution in [-0.4, -0.2) is 39.6 Å². The van der Waals surface area contributed by atoms with Gasteiger partial charge in [0, 0.05) is 24.5 Å². The molecule has 1 amide bonds. The first kappa shape index (κ1) is 15.2. The molecule has 0 saturated carbocycles. The highest BCUT2D eigenvalue weighted by molar-refractivity contribution is 5.94. The second kappa shape index (κ2) is 6.59. The number of hydrogen-bond acceptors (Lipinski definition) is 4. The summed E-state index contributed by atoms with van der Waals surface area (Å²) >= 11 is 0. The molecule has 2 heterocycles. The van der Waals surface area contributed by atoms with E-state index in [1.165, 1.54) is 0 Å². The van der Waals surface area contributed by atoms with E-state index in [1.54, 1.807) is 41.6 Å². The number of aliphatic hydroxyl groups is 1. The maximum absolute atomic E-state index is 12.7. The van der Waals surface area contributed by atoms with E-state index in [0.717, 1.165) is 5.56 Å². The Morgan fingerprint density at radius 2 is 2.13 bits per heavy atom. The largest absolute Gasteiger partial charge is 0.391 e. The number of hydrogen-bond donors (Lipinski definition) is 1. The predicted molar refractivity (Wildman–Crippen MR) is 84.5 cm³/mol. The van der Waals surface area contributed by atoms with Gasteiger partial charge in [0.15, 0.2) is 0 Å². The highest BCUT2D eigenvalue weighted by Crippen LogP contribution is 2.24. The normalized spacial score (nSPS) is 20.3. The van der Waals surface area contributed by atoms with Gasteiger partial charge in [-0.1, -0.05) is 6.07 Å². The number of rotatable bonds is 3. The standard InChI is InChI=1S/C18H17N3O2/c19-11-13-3-5-15(6-4-13)18(23)21-9-7-17(22)16(21)10-14-2-1-8-20-12-14/h1-6,8,12,16-17,22H,7,9-10H2/t16-,17-/m1/s1. The van der Waals surface area contributed by atoms with Crippen LogP contribution >= 0.6 is 0 Å². The van der Waals surface area contributed by atoms with Crippen molar-refractivity contribution < 1.29 is 9.90 Å². The molecule has 2 aromatic rings. The molecule has 5 nitrogen and oxygen atoms in total. The Morgan fingerprint density at radius 3 is 2.78 bits per heavy atom. The van der Waals surface area contributed by atoms with Gasteiger partial charge in [-0.05, 0) is 48.7 Å². The number of likely N-dealkylation sites (tertiary alicyclic amines) is 1. The van der Waals surface area contributed by atoms with Crippen LogP contribution in [0.3, 0.4) is 0 Å². The Balaban J connectivity index is 1.79. The van der Waals surface area contributed by atoms with Crippen LogP contribution in [0.5, 0.6) is 0 Å². The maximum atomic E-state index is 12.7. The molecule has 3 rings (SSSR count). The SMILES string of the molecule is N#Cc1ccc(C(=O)N2CC[C@@H](O)[C@H]2Cc2cccnc2)cc1. The van der Waals surface area contributed by atoms with Crippen LogP contribution < -0.4 is 0 Å². The van der Waals surface area contributed by atoms with Crippen LogP contribution in [0.1, 0.15) is 27.9 Å². The Hall–Kier alpha value is -2.71. The van der Waals surface area contributed by atoms with Crippen LogP contribution in [0.2, 0.25) is 0 Å². The smallest absolute Gasteiger partial charge is 0.254 e. The van der Waals surface area contributed by atoms with Crippen LogP contribution in [0.25, 0.3) is 0 Å². The number of benzene rings is 1. The van der Waals surface area contributed by atoms with Gasteiger partial charge in [0.25, 0.3) is 5.91 Å². The Kier molecular flexibility index (Phi) is 4.35. The van der Waals surface area contributed by atoms with E-state index in [0.29, 0.717) is 30.5 Å². The van der Waals surface area contributed by atoms with Gasteiger partial charge >= 0.3 is 0 Å². The van der Waals surface area contributed by atoms with Gasteiger partial charge in [-0.2, -0.15) is 5.26 Å². The summed E-state index contributed by atoms with van der Waals surface area (Å²) in [7, 11) is 0. The van der Waals surface area contributed by atoms with E-state index >= 15 is 0 Å². The van der Waals surface area contributed by atoms with Crippen LogP contribution in [0.15, 0.2) is 48.8 Å². The Morgan fingerprint density at radius 1 is 1.35 bits per heavy atom. The molecule has 1 saturated heterocycles. The number of carbonyl (C=O) groups excluding carboxylic acids is 1. The summed E-state index contributed by atoms with van der Waals surface area (Å²) in [6.07, 6.45) is 4.09. The second-order valence-electron chi connectivity index (χ2n) is 5.68. The van der Waals surface area contributed by atoms with Gasteiger partial charge in [-0.25, -0.2) is 0 Å². The summed E-state index contributed by atoms with van der Waals surface area (Å²) in [4.78, 5) is 18.5. The third-order valence-electron chi connectivity index (χ3n) is 4.20. The summed E-state index contributed by atoms with van der Waals surface area (Å²) in [6.45, 7) is 0.533. The highest BCUT2D eigenvalue weighted by atomic mass is 16.3. The molecule has 1 N–H and O–H groups in total. The fourth-order valence-electron chi connectivity index (χ4n) is 2.95. The summed E-state index contributed by atoms with van der Waals surface area (Å²) in [6, 6.07) is 12.2. The molecule has 0 radical (unpaired) electrons. The summed E-state index contributed by atoms with van der Waals surface area (Å²) in [5.74, 6) is -0.111. The fourth-order valence-corrected chi connectivity index (χ4v) is 2.95. The fraction of sp³-hybridized carbons (Fsp3) is 0.278.